The van der Waals surface area contributed by atoms with Gasteiger partial charge in [-0.15, -0.1) is 0 Å². The molecule has 1 saturated heterocycles. The maximum Gasteiger partial charge on any atom is 0.126 e. The second kappa shape index (κ2) is 6.40. The fourth-order valence-corrected chi connectivity index (χ4v) is 3.33. The van der Waals surface area contributed by atoms with E-state index in [9.17, 15) is 0 Å². The van der Waals surface area contributed by atoms with Crippen LogP contribution < -0.4 is 4.74 Å². The number of hydrogen-bond acceptors (Lipinski definition) is 2. The van der Waals surface area contributed by atoms with Gasteiger partial charge in [-0.2, -0.15) is 0 Å². The molecular formula is C14H18Br2O2. The van der Waals surface area contributed by atoms with E-state index < -0.39 is 0 Å². The van der Waals surface area contributed by atoms with Crippen LogP contribution in [0.15, 0.2) is 16.6 Å². The van der Waals surface area contributed by atoms with Gasteiger partial charge in [0, 0.05) is 15.4 Å². The lowest BCUT2D eigenvalue weighted by atomic mass is 10.1. The fourth-order valence-electron chi connectivity index (χ4n) is 2.29. The molecule has 4 heteroatoms. The average molecular weight is 378 g/mol. The van der Waals surface area contributed by atoms with Crippen LogP contribution in [0.5, 0.6) is 5.75 Å². The highest BCUT2D eigenvalue weighted by molar-refractivity contribution is 9.10. The van der Waals surface area contributed by atoms with Gasteiger partial charge in [0.1, 0.15) is 12.4 Å². The van der Waals surface area contributed by atoms with Crippen LogP contribution in [0.1, 0.15) is 30.9 Å². The van der Waals surface area contributed by atoms with E-state index in [1.54, 1.807) is 0 Å². The Kier molecular flexibility index (Phi) is 5.10. The summed E-state index contributed by atoms with van der Waals surface area (Å²) in [4.78, 5) is 0. The summed E-state index contributed by atoms with van der Waals surface area (Å²) in [6.45, 7) is 4.84. The minimum absolute atomic E-state index is 0.242. The molecule has 0 aromatic heterocycles. The highest BCUT2D eigenvalue weighted by atomic mass is 79.9. The molecule has 0 radical (unpaired) electrons. The molecular weight excluding hydrogens is 360 g/mol. The van der Waals surface area contributed by atoms with Crippen LogP contribution in [0, 0.1) is 6.92 Å². The van der Waals surface area contributed by atoms with Gasteiger partial charge in [-0.05, 0) is 44.4 Å². The van der Waals surface area contributed by atoms with Crippen molar-refractivity contribution in [1.29, 1.82) is 0 Å². The molecule has 1 fully saturated rings. The summed E-state index contributed by atoms with van der Waals surface area (Å²) in [5.74, 6) is 0.984. The van der Waals surface area contributed by atoms with E-state index in [-0.39, 0.29) is 6.10 Å². The van der Waals surface area contributed by atoms with Gasteiger partial charge in [-0.1, -0.05) is 31.9 Å². The van der Waals surface area contributed by atoms with Crippen molar-refractivity contribution in [2.24, 2.45) is 0 Å². The first-order valence-corrected chi connectivity index (χ1v) is 8.15. The summed E-state index contributed by atoms with van der Waals surface area (Å²) >= 11 is 7.02. The van der Waals surface area contributed by atoms with Gasteiger partial charge in [-0.3, -0.25) is 0 Å². The van der Waals surface area contributed by atoms with Gasteiger partial charge in [0.25, 0.3) is 0 Å². The maximum atomic E-state index is 5.97. The summed E-state index contributed by atoms with van der Waals surface area (Å²) in [6, 6.07) is 4.18. The monoisotopic (exact) mass is 376 g/mol. The normalized spacial score (nSPS) is 23.3. The zero-order chi connectivity index (χ0) is 13.1. The molecule has 0 N–H and O–H groups in total. The number of rotatable bonds is 4. The smallest absolute Gasteiger partial charge is 0.126 e. The third-order valence-corrected chi connectivity index (χ3v) is 4.26. The lowest BCUT2D eigenvalue weighted by Crippen LogP contribution is -2.18. The van der Waals surface area contributed by atoms with Gasteiger partial charge >= 0.3 is 0 Å². The van der Waals surface area contributed by atoms with E-state index in [0.29, 0.717) is 12.7 Å². The van der Waals surface area contributed by atoms with E-state index in [1.165, 1.54) is 5.56 Å². The van der Waals surface area contributed by atoms with Crippen molar-refractivity contribution in [3.05, 3.63) is 27.7 Å². The fraction of sp³-hybridized carbons (Fsp3) is 0.571. The third-order valence-electron chi connectivity index (χ3n) is 3.19. The Morgan fingerprint density at radius 1 is 1.39 bits per heavy atom. The minimum Gasteiger partial charge on any atom is -0.490 e. The van der Waals surface area contributed by atoms with Gasteiger partial charge < -0.3 is 9.47 Å². The summed E-state index contributed by atoms with van der Waals surface area (Å²) in [6.07, 6.45) is 2.85. The molecule has 2 atom stereocenters. The van der Waals surface area contributed by atoms with E-state index >= 15 is 0 Å². The number of hydrogen-bond donors (Lipinski definition) is 0. The van der Waals surface area contributed by atoms with E-state index in [4.69, 9.17) is 9.47 Å². The topological polar surface area (TPSA) is 18.5 Å². The lowest BCUT2D eigenvalue weighted by Gasteiger charge is -2.17. The number of halogens is 2. The van der Waals surface area contributed by atoms with Crippen LogP contribution in [-0.4, -0.2) is 18.8 Å². The van der Waals surface area contributed by atoms with Crippen LogP contribution in [0.2, 0.25) is 0 Å². The van der Waals surface area contributed by atoms with Crippen molar-refractivity contribution < 1.29 is 9.47 Å². The maximum absolute atomic E-state index is 5.97. The molecule has 100 valence electrons. The average Bonchev–Trinajstić information content (AvgIpc) is 2.73. The van der Waals surface area contributed by atoms with Crippen LogP contribution >= 0.6 is 31.9 Å². The van der Waals surface area contributed by atoms with Crippen molar-refractivity contribution >= 4 is 31.9 Å². The molecule has 0 bridgehead atoms. The van der Waals surface area contributed by atoms with Crippen LogP contribution in [-0.2, 0) is 10.1 Å². The zero-order valence-electron chi connectivity index (χ0n) is 10.7. The summed E-state index contributed by atoms with van der Waals surface area (Å²) < 4.78 is 12.8. The molecule has 0 aliphatic carbocycles. The summed E-state index contributed by atoms with van der Waals surface area (Å²) in [7, 11) is 0. The Morgan fingerprint density at radius 2 is 2.17 bits per heavy atom. The predicted octanol–water partition coefficient (Wildman–Crippen LogP) is 4.60. The molecule has 1 aliphatic heterocycles. The molecule has 1 aromatic carbocycles. The second-order valence-electron chi connectivity index (χ2n) is 4.80. The van der Waals surface area contributed by atoms with E-state index in [2.05, 4.69) is 57.8 Å². The molecule has 18 heavy (non-hydrogen) atoms. The highest BCUT2D eigenvalue weighted by Gasteiger charge is 2.22. The molecule has 1 aromatic rings. The van der Waals surface area contributed by atoms with Gasteiger partial charge in [0.15, 0.2) is 0 Å². The zero-order valence-corrected chi connectivity index (χ0v) is 13.9. The van der Waals surface area contributed by atoms with E-state index in [0.717, 1.165) is 34.0 Å². The van der Waals surface area contributed by atoms with Crippen molar-refractivity contribution in [2.75, 3.05) is 6.61 Å². The molecule has 2 nitrogen and oxygen atoms in total. The van der Waals surface area contributed by atoms with Crippen molar-refractivity contribution in [3.63, 3.8) is 0 Å². The lowest BCUT2D eigenvalue weighted by molar-refractivity contribution is 0.0261. The van der Waals surface area contributed by atoms with Crippen LogP contribution in [0.25, 0.3) is 0 Å². The largest absolute Gasteiger partial charge is 0.490 e. The molecule has 1 heterocycles. The van der Waals surface area contributed by atoms with Crippen molar-refractivity contribution in [1.82, 2.24) is 0 Å². The van der Waals surface area contributed by atoms with Gasteiger partial charge in [0.2, 0.25) is 0 Å². The number of alkyl halides is 1. The van der Waals surface area contributed by atoms with E-state index in [1.807, 2.05) is 0 Å². The summed E-state index contributed by atoms with van der Waals surface area (Å²) in [5.41, 5.74) is 2.33. The quantitative estimate of drug-likeness (QED) is 0.714. The second-order valence-corrected chi connectivity index (χ2v) is 6.28. The SMILES string of the molecule is Cc1cc(Br)cc(CBr)c1OCC1CCC(C)O1. The third kappa shape index (κ3) is 3.49. The Morgan fingerprint density at radius 3 is 2.78 bits per heavy atom. The standard InChI is InChI=1S/C14H18Br2O2/c1-9-5-12(16)6-11(7-15)14(9)17-8-13-4-3-10(2)18-13/h5-6,10,13H,3-4,7-8H2,1-2H3. The number of aryl methyl sites for hydroxylation is 1. The van der Waals surface area contributed by atoms with Crippen molar-refractivity contribution in [2.45, 2.75) is 44.2 Å². The first kappa shape index (κ1) is 14.4. The molecule has 0 spiro atoms. The Labute approximate surface area is 125 Å². The Balaban J connectivity index is 2.04. The molecule has 2 rings (SSSR count). The number of ether oxygens (including phenoxy) is 2. The van der Waals surface area contributed by atoms with Crippen LogP contribution in [0.4, 0.5) is 0 Å². The first-order valence-electron chi connectivity index (χ1n) is 6.23. The minimum atomic E-state index is 0.242. The van der Waals surface area contributed by atoms with Crippen molar-refractivity contribution in [3.8, 4) is 5.75 Å². The number of benzene rings is 1. The highest BCUT2D eigenvalue weighted by Crippen LogP contribution is 2.30. The predicted molar refractivity (Wildman–Crippen MR) is 80.6 cm³/mol. The van der Waals surface area contributed by atoms with Gasteiger partial charge in [0.05, 0.1) is 12.2 Å². The first-order chi connectivity index (χ1) is 8.60. The molecule has 0 amide bonds. The summed E-state index contributed by atoms with van der Waals surface area (Å²) in [5, 5.41) is 0.796. The molecule has 1 aliphatic rings. The van der Waals surface area contributed by atoms with Crippen LogP contribution in [0.3, 0.4) is 0 Å². The molecule has 0 saturated carbocycles. The van der Waals surface area contributed by atoms with Gasteiger partial charge in [-0.25, -0.2) is 0 Å². The Hall–Kier alpha value is -0.0600. The molecule has 2 unspecified atom stereocenters. The Bertz CT molecular complexity index is 421.